The van der Waals surface area contributed by atoms with Crippen LogP contribution in [0.2, 0.25) is 0 Å². The molecule has 16 heavy (non-hydrogen) atoms. The molecule has 2 N–H and O–H groups in total. The highest BCUT2D eigenvalue weighted by molar-refractivity contribution is 5.84. The van der Waals surface area contributed by atoms with E-state index in [1.807, 2.05) is 26.1 Å². The molecule has 0 bridgehead atoms. The van der Waals surface area contributed by atoms with Crippen LogP contribution < -0.4 is 5.73 Å². The van der Waals surface area contributed by atoms with Gasteiger partial charge >= 0.3 is 0 Å². The molecule has 0 radical (unpaired) electrons. The van der Waals surface area contributed by atoms with Crippen LogP contribution in [0.4, 0.5) is 0 Å². The molecule has 0 saturated heterocycles. The van der Waals surface area contributed by atoms with Gasteiger partial charge in [-0.05, 0) is 13.0 Å². The molecule has 1 heterocycles. The molecule has 3 nitrogen and oxygen atoms in total. The summed E-state index contributed by atoms with van der Waals surface area (Å²) >= 11 is 0. The second-order valence-corrected chi connectivity index (χ2v) is 4.31. The van der Waals surface area contributed by atoms with Gasteiger partial charge in [0.1, 0.15) is 5.60 Å². The number of methoxy groups -OCH3 is 1. The molecule has 0 aliphatic carbocycles. The van der Waals surface area contributed by atoms with E-state index in [0.29, 0.717) is 6.54 Å². The standard InChI is InChI=1S/C13H18N2O/c1-13(9-14,16-3)11-8-15(2)12-7-5-4-6-10(11)12/h4-8H,9,14H2,1-3H3. The van der Waals surface area contributed by atoms with Crippen molar-refractivity contribution in [3.8, 4) is 0 Å². The fraction of sp³-hybridized carbons (Fsp3) is 0.385. The number of nitrogens with zero attached hydrogens (tertiary/aromatic N) is 1. The van der Waals surface area contributed by atoms with E-state index >= 15 is 0 Å². The highest BCUT2D eigenvalue weighted by atomic mass is 16.5. The second-order valence-electron chi connectivity index (χ2n) is 4.31. The number of aryl methyl sites for hydroxylation is 1. The molecule has 0 amide bonds. The third-order valence-corrected chi connectivity index (χ3v) is 3.31. The predicted molar refractivity (Wildman–Crippen MR) is 66.3 cm³/mol. The lowest BCUT2D eigenvalue weighted by molar-refractivity contribution is 0.0112. The zero-order valence-corrected chi connectivity index (χ0v) is 10.0. The largest absolute Gasteiger partial charge is 0.372 e. The second kappa shape index (κ2) is 3.92. The molecule has 86 valence electrons. The van der Waals surface area contributed by atoms with Crippen molar-refractivity contribution < 1.29 is 4.74 Å². The lowest BCUT2D eigenvalue weighted by atomic mass is 9.95. The number of fused-ring (bicyclic) bond motifs is 1. The van der Waals surface area contributed by atoms with Crippen molar-refractivity contribution >= 4 is 10.9 Å². The minimum absolute atomic E-state index is 0.416. The summed E-state index contributed by atoms with van der Waals surface area (Å²) in [5.41, 5.74) is 7.75. The van der Waals surface area contributed by atoms with Crippen LogP contribution in [-0.2, 0) is 17.4 Å². The van der Waals surface area contributed by atoms with Gasteiger partial charge in [0.15, 0.2) is 0 Å². The fourth-order valence-electron chi connectivity index (χ4n) is 2.07. The maximum atomic E-state index is 5.82. The molecular weight excluding hydrogens is 200 g/mol. The first-order valence-electron chi connectivity index (χ1n) is 5.42. The molecule has 1 unspecified atom stereocenters. The summed E-state index contributed by atoms with van der Waals surface area (Å²) in [6, 6.07) is 8.29. The Morgan fingerprint density at radius 1 is 1.38 bits per heavy atom. The van der Waals surface area contributed by atoms with Crippen LogP contribution in [0.1, 0.15) is 12.5 Å². The molecule has 0 aliphatic heterocycles. The van der Waals surface area contributed by atoms with E-state index in [9.17, 15) is 0 Å². The molecule has 2 rings (SSSR count). The zero-order valence-electron chi connectivity index (χ0n) is 10.0. The van der Waals surface area contributed by atoms with E-state index in [2.05, 4.69) is 22.9 Å². The van der Waals surface area contributed by atoms with Gasteiger partial charge in [-0.15, -0.1) is 0 Å². The first-order valence-corrected chi connectivity index (χ1v) is 5.42. The van der Waals surface area contributed by atoms with Crippen LogP contribution in [-0.4, -0.2) is 18.2 Å². The van der Waals surface area contributed by atoms with Gasteiger partial charge in [-0.2, -0.15) is 0 Å². The Kier molecular flexibility index (Phi) is 2.74. The topological polar surface area (TPSA) is 40.2 Å². The van der Waals surface area contributed by atoms with Crippen molar-refractivity contribution in [3.05, 3.63) is 36.0 Å². The SMILES string of the molecule is COC(C)(CN)c1cn(C)c2ccccc12. The third kappa shape index (κ3) is 1.52. The normalized spacial score (nSPS) is 15.2. The van der Waals surface area contributed by atoms with Crippen molar-refractivity contribution in [2.24, 2.45) is 12.8 Å². The monoisotopic (exact) mass is 218 g/mol. The summed E-state index contributed by atoms with van der Waals surface area (Å²) in [5, 5.41) is 1.21. The Morgan fingerprint density at radius 2 is 2.06 bits per heavy atom. The van der Waals surface area contributed by atoms with Gasteiger partial charge in [-0.3, -0.25) is 0 Å². The average Bonchev–Trinajstić information content (AvgIpc) is 2.67. The van der Waals surface area contributed by atoms with Gasteiger partial charge in [-0.1, -0.05) is 18.2 Å². The van der Waals surface area contributed by atoms with E-state index in [-0.39, 0.29) is 0 Å². The van der Waals surface area contributed by atoms with Gasteiger partial charge < -0.3 is 15.0 Å². The van der Waals surface area contributed by atoms with Gasteiger partial charge in [0.25, 0.3) is 0 Å². The quantitative estimate of drug-likeness (QED) is 0.856. The van der Waals surface area contributed by atoms with E-state index in [1.54, 1.807) is 7.11 Å². The van der Waals surface area contributed by atoms with E-state index in [0.717, 1.165) is 5.56 Å². The maximum absolute atomic E-state index is 5.82. The Balaban J connectivity index is 2.70. The summed E-state index contributed by atoms with van der Waals surface area (Å²) in [4.78, 5) is 0. The van der Waals surface area contributed by atoms with Crippen LogP contribution in [0, 0.1) is 0 Å². The number of hydrogen-bond acceptors (Lipinski definition) is 2. The van der Waals surface area contributed by atoms with Crippen molar-refractivity contribution in [2.75, 3.05) is 13.7 Å². The highest BCUT2D eigenvalue weighted by Gasteiger charge is 2.27. The first kappa shape index (κ1) is 11.2. The number of benzene rings is 1. The molecule has 0 aliphatic rings. The molecule has 0 saturated carbocycles. The Labute approximate surface area is 95.8 Å². The van der Waals surface area contributed by atoms with Crippen molar-refractivity contribution in [2.45, 2.75) is 12.5 Å². The number of aromatic nitrogens is 1. The molecule has 0 fully saturated rings. The molecule has 2 aromatic rings. The highest BCUT2D eigenvalue weighted by Crippen LogP contribution is 2.31. The smallest absolute Gasteiger partial charge is 0.104 e. The van der Waals surface area contributed by atoms with Crippen molar-refractivity contribution in [1.29, 1.82) is 0 Å². The fourth-order valence-corrected chi connectivity index (χ4v) is 2.07. The minimum Gasteiger partial charge on any atom is -0.372 e. The lowest BCUT2D eigenvalue weighted by Gasteiger charge is -2.26. The summed E-state index contributed by atoms with van der Waals surface area (Å²) in [5.74, 6) is 0. The number of ether oxygens (including phenoxy) is 1. The molecule has 3 heteroatoms. The van der Waals surface area contributed by atoms with Crippen LogP contribution in [0.3, 0.4) is 0 Å². The van der Waals surface area contributed by atoms with Gasteiger partial charge in [0.05, 0.1) is 0 Å². The molecular formula is C13H18N2O. The predicted octanol–water partition coefficient (Wildman–Crippen LogP) is 2.00. The van der Waals surface area contributed by atoms with Crippen molar-refractivity contribution in [1.82, 2.24) is 4.57 Å². The van der Waals surface area contributed by atoms with Gasteiger partial charge in [0.2, 0.25) is 0 Å². The Morgan fingerprint density at radius 3 is 2.69 bits per heavy atom. The number of hydrogen-bond donors (Lipinski definition) is 1. The van der Waals surface area contributed by atoms with Crippen LogP contribution >= 0.6 is 0 Å². The van der Waals surface area contributed by atoms with Crippen LogP contribution in [0.5, 0.6) is 0 Å². The number of rotatable bonds is 3. The number of nitrogens with two attached hydrogens (primary N) is 1. The number of para-hydroxylation sites is 1. The molecule has 1 atom stereocenters. The Bertz CT molecular complexity index is 498. The summed E-state index contributed by atoms with van der Waals surface area (Å²) in [6.45, 7) is 2.49. The summed E-state index contributed by atoms with van der Waals surface area (Å²) in [6.07, 6.45) is 2.10. The van der Waals surface area contributed by atoms with Crippen LogP contribution in [0.15, 0.2) is 30.5 Å². The van der Waals surface area contributed by atoms with Gasteiger partial charge in [0, 0.05) is 43.4 Å². The van der Waals surface area contributed by atoms with E-state index in [4.69, 9.17) is 10.5 Å². The summed E-state index contributed by atoms with van der Waals surface area (Å²) in [7, 11) is 3.74. The molecule has 0 spiro atoms. The third-order valence-electron chi connectivity index (χ3n) is 3.31. The van der Waals surface area contributed by atoms with Crippen LogP contribution in [0.25, 0.3) is 10.9 Å². The van der Waals surface area contributed by atoms with Crippen molar-refractivity contribution in [3.63, 3.8) is 0 Å². The summed E-state index contributed by atoms with van der Waals surface area (Å²) < 4.78 is 7.66. The minimum atomic E-state index is -0.416. The average molecular weight is 218 g/mol. The molecule has 1 aromatic heterocycles. The van der Waals surface area contributed by atoms with Gasteiger partial charge in [-0.25, -0.2) is 0 Å². The van der Waals surface area contributed by atoms with E-state index in [1.165, 1.54) is 10.9 Å². The van der Waals surface area contributed by atoms with E-state index < -0.39 is 5.60 Å². The lowest BCUT2D eigenvalue weighted by Crippen LogP contribution is -2.33. The maximum Gasteiger partial charge on any atom is 0.104 e. The Hall–Kier alpha value is -1.32. The molecule has 1 aromatic carbocycles. The first-order chi connectivity index (χ1) is 7.62. The zero-order chi connectivity index (χ0) is 11.8.